The zero-order valence-corrected chi connectivity index (χ0v) is 9.05. The van der Waals surface area contributed by atoms with Crippen molar-refractivity contribution in [3.8, 4) is 0 Å². The number of hydrogen-bond donors (Lipinski definition) is 2. The molecule has 4 heteroatoms. The quantitative estimate of drug-likeness (QED) is 0.715. The van der Waals surface area contributed by atoms with Gasteiger partial charge >= 0.3 is 0 Å². The Kier molecular flexibility index (Phi) is 5.73. The van der Waals surface area contributed by atoms with Crippen molar-refractivity contribution >= 4 is 15.9 Å². The molecule has 1 saturated heterocycles. The first kappa shape index (κ1) is 10.6. The van der Waals surface area contributed by atoms with Crippen LogP contribution in [0.2, 0.25) is 0 Å². The summed E-state index contributed by atoms with van der Waals surface area (Å²) in [6.07, 6.45) is 3.49. The fourth-order valence-electron chi connectivity index (χ4n) is 0.945. The summed E-state index contributed by atoms with van der Waals surface area (Å²) in [5, 5.41) is 6.44. The standard InChI is InChI=1S/C5H4BrN.C4H10N2/c6-5-2-1-3-7-4-5;1-2-6-4-3-5-1/h1-4H;5-6H,1-4H2. The van der Waals surface area contributed by atoms with Gasteiger partial charge in [0.1, 0.15) is 0 Å². The van der Waals surface area contributed by atoms with E-state index in [0.717, 1.165) is 30.7 Å². The molecule has 3 nitrogen and oxygen atoms in total. The average Bonchev–Trinajstić information content (AvgIpc) is 2.22. The van der Waals surface area contributed by atoms with Crippen molar-refractivity contribution in [1.29, 1.82) is 0 Å². The zero-order chi connectivity index (χ0) is 9.36. The Morgan fingerprint density at radius 1 is 1.15 bits per heavy atom. The van der Waals surface area contributed by atoms with Gasteiger partial charge in [-0.15, -0.1) is 0 Å². The molecule has 1 aromatic heterocycles. The number of nitrogens with zero attached hydrogens (tertiary/aromatic N) is 1. The molecule has 0 unspecified atom stereocenters. The van der Waals surface area contributed by atoms with E-state index in [1.807, 2.05) is 12.1 Å². The lowest BCUT2D eigenvalue weighted by molar-refractivity contribution is 0.534. The molecule has 2 heterocycles. The molecule has 0 aromatic carbocycles. The Labute approximate surface area is 87.1 Å². The second-order valence-corrected chi connectivity index (χ2v) is 3.59. The number of pyridine rings is 1. The van der Waals surface area contributed by atoms with E-state index in [2.05, 4.69) is 31.5 Å². The first-order valence-electron chi connectivity index (χ1n) is 4.36. The maximum absolute atomic E-state index is 3.84. The molecule has 0 atom stereocenters. The van der Waals surface area contributed by atoms with Gasteiger partial charge in [-0.25, -0.2) is 0 Å². The first-order valence-corrected chi connectivity index (χ1v) is 5.16. The number of nitrogens with one attached hydrogen (secondary N) is 2. The van der Waals surface area contributed by atoms with E-state index in [0.29, 0.717) is 0 Å². The van der Waals surface area contributed by atoms with Crippen LogP contribution in [0.3, 0.4) is 0 Å². The lowest BCUT2D eigenvalue weighted by Gasteiger charge is -2.11. The highest BCUT2D eigenvalue weighted by atomic mass is 79.9. The van der Waals surface area contributed by atoms with Crippen molar-refractivity contribution in [3.05, 3.63) is 29.0 Å². The molecule has 2 rings (SSSR count). The molecule has 1 fully saturated rings. The molecule has 1 aromatic rings. The van der Waals surface area contributed by atoms with E-state index in [1.165, 1.54) is 0 Å². The molecule has 0 saturated carbocycles. The topological polar surface area (TPSA) is 37.0 Å². The minimum atomic E-state index is 1.02. The third-order valence-corrected chi connectivity index (χ3v) is 2.05. The van der Waals surface area contributed by atoms with Crippen molar-refractivity contribution in [3.63, 3.8) is 0 Å². The third kappa shape index (κ3) is 5.74. The third-order valence-electron chi connectivity index (χ3n) is 1.58. The summed E-state index contributed by atoms with van der Waals surface area (Å²) >= 11 is 3.25. The summed E-state index contributed by atoms with van der Waals surface area (Å²) in [7, 11) is 0. The second kappa shape index (κ2) is 7.00. The van der Waals surface area contributed by atoms with Crippen molar-refractivity contribution in [2.24, 2.45) is 0 Å². The minimum absolute atomic E-state index is 1.02. The van der Waals surface area contributed by atoms with Gasteiger partial charge in [0.2, 0.25) is 0 Å². The van der Waals surface area contributed by atoms with Crippen LogP contribution in [-0.2, 0) is 0 Å². The predicted molar refractivity (Wildman–Crippen MR) is 57.7 cm³/mol. The maximum atomic E-state index is 3.84. The number of aromatic nitrogens is 1. The van der Waals surface area contributed by atoms with Gasteiger partial charge in [0.15, 0.2) is 0 Å². The van der Waals surface area contributed by atoms with Gasteiger partial charge in [0, 0.05) is 43.0 Å². The Balaban J connectivity index is 0.000000132. The Hall–Kier alpha value is -0.450. The fourth-order valence-corrected chi connectivity index (χ4v) is 1.22. The fraction of sp³-hybridized carbons (Fsp3) is 0.444. The molecule has 1 aliphatic rings. The smallest absolute Gasteiger partial charge is 0.0410 e. The SMILES string of the molecule is Brc1cccnc1.C1CNCCN1. The average molecular weight is 244 g/mol. The van der Waals surface area contributed by atoms with Crippen molar-refractivity contribution in [1.82, 2.24) is 15.6 Å². The van der Waals surface area contributed by atoms with Crippen molar-refractivity contribution in [2.45, 2.75) is 0 Å². The number of halogens is 1. The van der Waals surface area contributed by atoms with E-state index in [4.69, 9.17) is 0 Å². The van der Waals surface area contributed by atoms with Crippen molar-refractivity contribution in [2.75, 3.05) is 26.2 Å². The van der Waals surface area contributed by atoms with Crippen LogP contribution in [0, 0.1) is 0 Å². The van der Waals surface area contributed by atoms with Gasteiger partial charge in [0.25, 0.3) is 0 Å². The van der Waals surface area contributed by atoms with E-state index in [-0.39, 0.29) is 0 Å². The van der Waals surface area contributed by atoms with Gasteiger partial charge in [-0.1, -0.05) is 0 Å². The monoisotopic (exact) mass is 243 g/mol. The summed E-state index contributed by atoms with van der Waals surface area (Å²) in [5.74, 6) is 0. The van der Waals surface area contributed by atoms with Crippen LogP contribution < -0.4 is 10.6 Å². The molecule has 0 aliphatic carbocycles. The highest BCUT2D eigenvalue weighted by Gasteiger charge is 1.91. The molecule has 13 heavy (non-hydrogen) atoms. The van der Waals surface area contributed by atoms with Crippen LogP contribution in [0.15, 0.2) is 29.0 Å². The van der Waals surface area contributed by atoms with Crippen LogP contribution in [0.5, 0.6) is 0 Å². The van der Waals surface area contributed by atoms with Gasteiger partial charge in [-0.05, 0) is 28.1 Å². The van der Waals surface area contributed by atoms with Gasteiger partial charge in [-0.3, -0.25) is 4.98 Å². The van der Waals surface area contributed by atoms with Crippen LogP contribution in [0.1, 0.15) is 0 Å². The van der Waals surface area contributed by atoms with Gasteiger partial charge in [-0.2, -0.15) is 0 Å². The summed E-state index contributed by atoms with van der Waals surface area (Å²) in [5.41, 5.74) is 0. The number of hydrogen-bond acceptors (Lipinski definition) is 3. The van der Waals surface area contributed by atoms with E-state index < -0.39 is 0 Å². The molecular formula is C9H14BrN3. The molecule has 2 N–H and O–H groups in total. The maximum Gasteiger partial charge on any atom is 0.0410 e. The number of rotatable bonds is 0. The summed E-state index contributed by atoms with van der Waals surface area (Å²) < 4.78 is 1.02. The molecule has 0 spiro atoms. The Morgan fingerprint density at radius 2 is 1.77 bits per heavy atom. The van der Waals surface area contributed by atoms with Crippen LogP contribution in [0.4, 0.5) is 0 Å². The summed E-state index contributed by atoms with van der Waals surface area (Å²) in [6.45, 7) is 4.56. The molecule has 0 bridgehead atoms. The molecule has 0 amide bonds. The first-order chi connectivity index (χ1) is 6.39. The Morgan fingerprint density at radius 3 is 2.00 bits per heavy atom. The molecule has 0 radical (unpaired) electrons. The van der Waals surface area contributed by atoms with E-state index in [9.17, 15) is 0 Å². The largest absolute Gasteiger partial charge is 0.314 e. The lowest BCUT2D eigenvalue weighted by Crippen LogP contribution is -2.39. The highest BCUT2D eigenvalue weighted by molar-refractivity contribution is 9.10. The zero-order valence-electron chi connectivity index (χ0n) is 7.46. The summed E-state index contributed by atoms with van der Waals surface area (Å²) in [6, 6.07) is 3.82. The van der Waals surface area contributed by atoms with Gasteiger partial charge < -0.3 is 10.6 Å². The summed E-state index contributed by atoms with van der Waals surface area (Å²) in [4.78, 5) is 3.84. The van der Waals surface area contributed by atoms with Gasteiger partial charge in [0.05, 0.1) is 0 Å². The van der Waals surface area contributed by atoms with Crippen LogP contribution in [0.25, 0.3) is 0 Å². The van der Waals surface area contributed by atoms with E-state index >= 15 is 0 Å². The van der Waals surface area contributed by atoms with Crippen molar-refractivity contribution < 1.29 is 0 Å². The molecule has 1 aliphatic heterocycles. The van der Waals surface area contributed by atoms with Crippen LogP contribution in [-0.4, -0.2) is 31.2 Å². The minimum Gasteiger partial charge on any atom is -0.314 e. The number of piperazine rings is 1. The predicted octanol–water partition coefficient (Wildman–Crippen LogP) is 1.02. The lowest BCUT2D eigenvalue weighted by atomic mass is 10.4. The molecule has 72 valence electrons. The molecular weight excluding hydrogens is 230 g/mol. The normalized spacial score (nSPS) is 15.8. The second-order valence-electron chi connectivity index (χ2n) is 2.67. The Bertz CT molecular complexity index is 200. The highest BCUT2D eigenvalue weighted by Crippen LogP contribution is 2.02. The van der Waals surface area contributed by atoms with Crippen LogP contribution >= 0.6 is 15.9 Å². The van der Waals surface area contributed by atoms with E-state index in [1.54, 1.807) is 12.4 Å².